The van der Waals surface area contributed by atoms with Crippen LogP contribution in [0.3, 0.4) is 0 Å². The van der Waals surface area contributed by atoms with Gasteiger partial charge in [0.05, 0.1) is 15.0 Å². The third-order valence-electron chi connectivity index (χ3n) is 2.85. The summed E-state index contributed by atoms with van der Waals surface area (Å²) in [5.74, 6) is -0.462. The largest absolute Gasteiger partial charge is 0.322 e. The molecule has 0 atom stereocenters. The number of carbonyl (C=O) groups is 1. The fraction of sp³-hybridized carbons (Fsp3) is 0.0714. The Morgan fingerprint density at radius 2 is 1.86 bits per heavy atom. The molecule has 0 spiro atoms. The molecular formula is C14H10Cl2N2O3. The highest BCUT2D eigenvalue weighted by atomic mass is 35.5. The number of hydrogen-bond acceptors (Lipinski definition) is 3. The van der Waals surface area contributed by atoms with E-state index < -0.39 is 10.8 Å². The van der Waals surface area contributed by atoms with Crippen LogP contribution in [0.1, 0.15) is 15.9 Å². The molecule has 2 aromatic carbocycles. The van der Waals surface area contributed by atoms with E-state index in [4.69, 9.17) is 23.2 Å². The van der Waals surface area contributed by atoms with Crippen LogP contribution in [-0.4, -0.2) is 10.8 Å². The van der Waals surface area contributed by atoms with Crippen LogP contribution in [0, 0.1) is 17.0 Å². The van der Waals surface area contributed by atoms with Crippen LogP contribution in [0.4, 0.5) is 11.4 Å². The molecule has 0 fully saturated rings. The summed E-state index contributed by atoms with van der Waals surface area (Å²) in [5, 5.41) is 14.2. The van der Waals surface area contributed by atoms with Crippen molar-refractivity contribution in [2.75, 3.05) is 5.32 Å². The first-order valence-corrected chi connectivity index (χ1v) is 6.65. The lowest BCUT2D eigenvalue weighted by atomic mass is 10.1. The van der Waals surface area contributed by atoms with Gasteiger partial charge in [0.25, 0.3) is 11.6 Å². The minimum absolute atomic E-state index is 0.100. The molecule has 1 amide bonds. The molecule has 0 heterocycles. The molecular weight excluding hydrogens is 315 g/mol. The zero-order chi connectivity index (χ0) is 15.6. The molecule has 0 aromatic heterocycles. The number of aryl methyl sites for hydroxylation is 1. The molecule has 0 aliphatic rings. The SMILES string of the molecule is Cc1ccc(C(=O)Nc2ccc(Cl)c(Cl)c2)cc1[N+](=O)[O-]. The van der Waals surface area contributed by atoms with Crippen molar-refractivity contribution < 1.29 is 9.72 Å². The van der Waals surface area contributed by atoms with Gasteiger partial charge in [0.2, 0.25) is 0 Å². The third-order valence-corrected chi connectivity index (χ3v) is 3.58. The molecule has 2 aromatic rings. The maximum atomic E-state index is 12.1. The van der Waals surface area contributed by atoms with Gasteiger partial charge >= 0.3 is 0 Å². The molecule has 0 saturated heterocycles. The van der Waals surface area contributed by atoms with Crippen molar-refractivity contribution in [3.8, 4) is 0 Å². The Morgan fingerprint density at radius 3 is 2.48 bits per heavy atom. The standard InChI is InChI=1S/C14H10Cl2N2O3/c1-8-2-3-9(6-13(8)18(20)21)14(19)17-10-4-5-11(15)12(16)7-10/h2-7H,1H3,(H,17,19). The number of anilines is 1. The molecule has 0 bridgehead atoms. The Morgan fingerprint density at radius 1 is 1.14 bits per heavy atom. The van der Waals surface area contributed by atoms with Crippen LogP contribution < -0.4 is 5.32 Å². The van der Waals surface area contributed by atoms with Crippen LogP contribution in [0.5, 0.6) is 0 Å². The smallest absolute Gasteiger partial charge is 0.273 e. The molecule has 0 unspecified atom stereocenters. The summed E-state index contributed by atoms with van der Waals surface area (Å²) in [4.78, 5) is 22.4. The van der Waals surface area contributed by atoms with Gasteiger partial charge in [-0.3, -0.25) is 14.9 Å². The third kappa shape index (κ3) is 3.51. The number of nitrogens with one attached hydrogen (secondary N) is 1. The minimum atomic E-state index is -0.523. The van der Waals surface area contributed by atoms with E-state index in [0.29, 0.717) is 21.3 Å². The molecule has 0 aliphatic carbocycles. The molecule has 21 heavy (non-hydrogen) atoms. The summed E-state index contributed by atoms with van der Waals surface area (Å²) in [7, 11) is 0. The van der Waals surface area contributed by atoms with Crippen molar-refractivity contribution in [1.29, 1.82) is 0 Å². The average Bonchev–Trinajstić information content (AvgIpc) is 2.43. The lowest BCUT2D eigenvalue weighted by Crippen LogP contribution is -2.12. The number of amides is 1. The second kappa shape index (κ2) is 6.11. The highest BCUT2D eigenvalue weighted by Gasteiger charge is 2.15. The zero-order valence-corrected chi connectivity index (χ0v) is 12.4. The van der Waals surface area contributed by atoms with E-state index >= 15 is 0 Å². The van der Waals surface area contributed by atoms with Gasteiger partial charge in [-0.25, -0.2) is 0 Å². The van der Waals surface area contributed by atoms with E-state index in [2.05, 4.69) is 5.32 Å². The van der Waals surface area contributed by atoms with E-state index in [1.807, 2.05) is 0 Å². The summed E-state index contributed by atoms with van der Waals surface area (Å²) < 4.78 is 0. The van der Waals surface area contributed by atoms with Crippen molar-refractivity contribution in [3.05, 3.63) is 67.7 Å². The predicted molar refractivity (Wildman–Crippen MR) is 82.2 cm³/mol. The Bertz CT molecular complexity index is 732. The average molecular weight is 325 g/mol. The number of halogens is 2. The molecule has 0 radical (unpaired) electrons. The van der Waals surface area contributed by atoms with Gasteiger partial charge in [-0.15, -0.1) is 0 Å². The van der Waals surface area contributed by atoms with Crippen LogP contribution in [-0.2, 0) is 0 Å². The van der Waals surface area contributed by atoms with E-state index in [1.54, 1.807) is 19.1 Å². The van der Waals surface area contributed by atoms with Crippen molar-refractivity contribution in [1.82, 2.24) is 0 Å². The fourth-order valence-electron chi connectivity index (χ4n) is 1.72. The number of rotatable bonds is 3. The van der Waals surface area contributed by atoms with Gasteiger partial charge in [-0.05, 0) is 31.2 Å². The summed E-state index contributed by atoms with van der Waals surface area (Å²) in [5.41, 5.74) is 1.04. The second-order valence-electron chi connectivity index (χ2n) is 4.34. The van der Waals surface area contributed by atoms with E-state index in [9.17, 15) is 14.9 Å². The van der Waals surface area contributed by atoms with E-state index in [0.717, 1.165) is 0 Å². The van der Waals surface area contributed by atoms with Gasteiger partial charge < -0.3 is 5.32 Å². The van der Waals surface area contributed by atoms with Crippen LogP contribution in [0.2, 0.25) is 10.0 Å². The Kier molecular flexibility index (Phi) is 4.45. The maximum Gasteiger partial charge on any atom is 0.273 e. The summed E-state index contributed by atoms with van der Waals surface area (Å²) >= 11 is 11.6. The van der Waals surface area contributed by atoms with E-state index in [1.165, 1.54) is 24.3 Å². The molecule has 7 heteroatoms. The number of nitro benzene ring substituents is 1. The minimum Gasteiger partial charge on any atom is -0.322 e. The van der Waals surface area contributed by atoms with Crippen molar-refractivity contribution in [2.24, 2.45) is 0 Å². The predicted octanol–water partition coefficient (Wildman–Crippen LogP) is 4.46. The lowest BCUT2D eigenvalue weighted by molar-refractivity contribution is -0.385. The lowest BCUT2D eigenvalue weighted by Gasteiger charge is -2.07. The first-order chi connectivity index (χ1) is 9.88. The fourth-order valence-corrected chi connectivity index (χ4v) is 2.02. The van der Waals surface area contributed by atoms with Crippen LogP contribution in [0.15, 0.2) is 36.4 Å². The van der Waals surface area contributed by atoms with Gasteiger partial charge in [0.15, 0.2) is 0 Å². The topological polar surface area (TPSA) is 72.2 Å². The normalized spacial score (nSPS) is 10.2. The van der Waals surface area contributed by atoms with Gasteiger partial charge in [-0.1, -0.05) is 29.3 Å². The van der Waals surface area contributed by atoms with Crippen molar-refractivity contribution >= 4 is 40.5 Å². The Hall–Kier alpha value is -2.11. The molecule has 5 nitrogen and oxygen atoms in total. The van der Waals surface area contributed by atoms with Crippen molar-refractivity contribution in [2.45, 2.75) is 6.92 Å². The van der Waals surface area contributed by atoms with Crippen LogP contribution in [0.25, 0.3) is 0 Å². The summed E-state index contributed by atoms with van der Waals surface area (Å²) in [6.07, 6.45) is 0. The summed E-state index contributed by atoms with van der Waals surface area (Å²) in [6, 6.07) is 8.94. The molecule has 0 aliphatic heterocycles. The molecule has 108 valence electrons. The number of nitro groups is 1. The Labute approximate surface area is 130 Å². The quantitative estimate of drug-likeness (QED) is 0.669. The number of nitrogens with zero attached hydrogens (tertiary/aromatic N) is 1. The molecule has 1 N–H and O–H groups in total. The summed E-state index contributed by atoms with van der Waals surface area (Å²) in [6.45, 7) is 1.61. The Balaban J connectivity index is 2.26. The highest BCUT2D eigenvalue weighted by molar-refractivity contribution is 6.42. The second-order valence-corrected chi connectivity index (χ2v) is 5.16. The van der Waals surface area contributed by atoms with Gasteiger partial charge in [-0.2, -0.15) is 0 Å². The van der Waals surface area contributed by atoms with E-state index in [-0.39, 0.29) is 11.3 Å². The maximum absolute atomic E-state index is 12.1. The first kappa shape index (κ1) is 15.3. The highest BCUT2D eigenvalue weighted by Crippen LogP contribution is 2.26. The molecule has 0 saturated carbocycles. The number of hydrogen-bond donors (Lipinski definition) is 1. The monoisotopic (exact) mass is 324 g/mol. The molecule has 2 rings (SSSR count). The van der Waals surface area contributed by atoms with Gasteiger partial charge in [0.1, 0.15) is 0 Å². The van der Waals surface area contributed by atoms with Crippen molar-refractivity contribution in [3.63, 3.8) is 0 Å². The van der Waals surface area contributed by atoms with Crippen LogP contribution >= 0.6 is 23.2 Å². The number of benzene rings is 2. The number of carbonyl (C=O) groups excluding carboxylic acids is 1. The van der Waals surface area contributed by atoms with Gasteiger partial charge in [0, 0.05) is 22.9 Å². The zero-order valence-electron chi connectivity index (χ0n) is 10.9. The first-order valence-electron chi connectivity index (χ1n) is 5.90.